The lowest BCUT2D eigenvalue weighted by atomic mass is 10.1. The van der Waals surface area contributed by atoms with Gasteiger partial charge in [-0.05, 0) is 25.5 Å². The van der Waals surface area contributed by atoms with E-state index in [0.29, 0.717) is 23.5 Å². The molecule has 24 heavy (non-hydrogen) atoms. The van der Waals surface area contributed by atoms with Crippen molar-refractivity contribution in [2.75, 3.05) is 22.1 Å². The monoisotopic (exact) mass is 347 g/mol. The van der Waals surface area contributed by atoms with Gasteiger partial charge in [0.25, 0.3) is 0 Å². The van der Waals surface area contributed by atoms with E-state index in [1.165, 1.54) is 13.1 Å². The minimum atomic E-state index is -2.97. The number of nitrogens with zero attached hydrogens (tertiary/aromatic N) is 3. The van der Waals surface area contributed by atoms with E-state index in [1.54, 1.807) is 18.2 Å². The summed E-state index contributed by atoms with van der Waals surface area (Å²) >= 11 is 0. The van der Waals surface area contributed by atoms with Gasteiger partial charge in [-0.3, -0.25) is 4.79 Å². The molecule has 1 aliphatic heterocycles. The van der Waals surface area contributed by atoms with Crippen molar-refractivity contribution in [3.8, 4) is 0 Å². The molecule has 1 aromatic carbocycles. The van der Waals surface area contributed by atoms with Crippen molar-refractivity contribution >= 4 is 33.1 Å². The second kappa shape index (κ2) is 6.52. The summed E-state index contributed by atoms with van der Waals surface area (Å²) in [6.07, 6.45) is 1.99. The molecule has 1 fully saturated rings. The molecule has 2 heterocycles. The van der Waals surface area contributed by atoms with Crippen molar-refractivity contribution in [3.05, 3.63) is 36.0 Å². The molecule has 9 heteroatoms. The van der Waals surface area contributed by atoms with Crippen molar-refractivity contribution in [1.82, 2.24) is 15.2 Å². The third kappa shape index (κ3) is 4.05. The predicted octanol–water partition coefficient (Wildman–Crippen LogP) is 1.42. The van der Waals surface area contributed by atoms with Crippen LogP contribution >= 0.6 is 0 Å². The lowest BCUT2D eigenvalue weighted by Gasteiger charge is -2.11. The number of Topliss-reactive ketones (excluding diaryl/α,β-unsaturated/α-hetero) is 1. The van der Waals surface area contributed by atoms with Gasteiger partial charge in [0.1, 0.15) is 0 Å². The molecular weight excluding hydrogens is 330 g/mol. The Balaban J connectivity index is 1.71. The molecule has 0 spiro atoms. The van der Waals surface area contributed by atoms with Gasteiger partial charge in [0.2, 0.25) is 5.95 Å². The van der Waals surface area contributed by atoms with Gasteiger partial charge in [0, 0.05) is 17.3 Å². The molecule has 0 radical (unpaired) electrons. The van der Waals surface area contributed by atoms with E-state index >= 15 is 0 Å². The summed E-state index contributed by atoms with van der Waals surface area (Å²) in [6, 6.07) is 6.84. The maximum absolute atomic E-state index is 11.5. The molecule has 1 aromatic heterocycles. The summed E-state index contributed by atoms with van der Waals surface area (Å²) in [6.45, 7) is 1.50. The maximum Gasteiger partial charge on any atom is 0.244 e. The first-order valence-corrected chi connectivity index (χ1v) is 9.28. The third-order valence-corrected chi connectivity index (χ3v) is 5.43. The molecule has 2 aromatic rings. The zero-order valence-electron chi connectivity index (χ0n) is 13.1. The number of nitrogens with one attached hydrogen (secondary N) is 2. The van der Waals surface area contributed by atoms with E-state index in [0.717, 1.165) is 0 Å². The van der Waals surface area contributed by atoms with Crippen molar-refractivity contribution < 1.29 is 13.2 Å². The lowest BCUT2D eigenvalue weighted by molar-refractivity contribution is 0.101. The average Bonchev–Trinajstić information content (AvgIpc) is 2.86. The van der Waals surface area contributed by atoms with Crippen LogP contribution in [0.5, 0.6) is 0 Å². The Morgan fingerprint density at radius 2 is 2.17 bits per heavy atom. The Morgan fingerprint density at radius 1 is 1.33 bits per heavy atom. The fourth-order valence-corrected chi connectivity index (χ4v) is 4.15. The Hall–Kier alpha value is -2.55. The van der Waals surface area contributed by atoms with Crippen LogP contribution in [-0.2, 0) is 9.84 Å². The van der Waals surface area contributed by atoms with Gasteiger partial charge < -0.3 is 10.6 Å². The van der Waals surface area contributed by atoms with Gasteiger partial charge >= 0.3 is 0 Å². The number of ketones is 1. The Morgan fingerprint density at radius 3 is 2.88 bits per heavy atom. The summed E-state index contributed by atoms with van der Waals surface area (Å²) in [5.74, 6) is 0.950. The van der Waals surface area contributed by atoms with Crippen molar-refractivity contribution in [2.24, 2.45) is 0 Å². The van der Waals surface area contributed by atoms with Crippen LogP contribution in [0.15, 0.2) is 30.5 Å². The zero-order chi connectivity index (χ0) is 17.2. The number of sulfone groups is 1. The molecule has 0 amide bonds. The number of rotatable bonds is 5. The number of aromatic nitrogens is 3. The van der Waals surface area contributed by atoms with Gasteiger partial charge in [-0.15, -0.1) is 5.10 Å². The van der Waals surface area contributed by atoms with E-state index in [2.05, 4.69) is 25.8 Å². The molecule has 1 saturated heterocycles. The van der Waals surface area contributed by atoms with Gasteiger partial charge in [-0.2, -0.15) is 10.1 Å². The van der Waals surface area contributed by atoms with Gasteiger partial charge in [0.15, 0.2) is 21.4 Å². The number of carbonyl (C=O) groups is 1. The smallest absolute Gasteiger partial charge is 0.244 e. The number of hydrogen-bond acceptors (Lipinski definition) is 8. The molecule has 0 aliphatic carbocycles. The second-order valence-electron chi connectivity index (χ2n) is 5.67. The average molecular weight is 347 g/mol. The van der Waals surface area contributed by atoms with Crippen LogP contribution in [-0.4, -0.2) is 46.9 Å². The van der Waals surface area contributed by atoms with Crippen molar-refractivity contribution in [3.63, 3.8) is 0 Å². The summed E-state index contributed by atoms with van der Waals surface area (Å²) in [5, 5.41) is 13.8. The largest absolute Gasteiger partial charge is 0.349 e. The zero-order valence-corrected chi connectivity index (χ0v) is 13.9. The Kier molecular flexibility index (Phi) is 4.43. The maximum atomic E-state index is 11.5. The quantitative estimate of drug-likeness (QED) is 0.781. The summed E-state index contributed by atoms with van der Waals surface area (Å²) in [5.41, 5.74) is 1.30. The first-order chi connectivity index (χ1) is 11.4. The third-order valence-electron chi connectivity index (χ3n) is 3.67. The molecule has 2 N–H and O–H groups in total. The SMILES string of the molecule is CC(=O)c1cccc(Nc2cnnc(NC3CCS(=O)(=O)C3)n2)c1. The molecule has 126 valence electrons. The number of hydrogen-bond donors (Lipinski definition) is 2. The highest BCUT2D eigenvalue weighted by Crippen LogP contribution is 2.18. The fraction of sp³-hybridized carbons (Fsp3) is 0.333. The first kappa shape index (κ1) is 16.3. The molecule has 1 aliphatic rings. The van der Waals surface area contributed by atoms with E-state index in [1.807, 2.05) is 6.07 Å². The summed E-state index contributed by atoms with van der Waals surface area (Å²) in [4.78, 5) is 15.7. The molecule has 3 rings (SSSR count). The summed E-state index contributed by atoms with van der Waals surface area (Å²) < 4.78 is 23.0. The lowest BCUT2D eigenvalue weighted by Crippen LogP contribution is -2.22. The van der Waals surface area contributed by atoms with Crippen LogP contribution in [0.1, 0.15) is 23.7 Å². The molecule has 1 unspecified atom stereocenters. The van der Waals surface area contributed by atoms with Crippen LogP contribution in [0.25, 0.3) is 0 Å². The normalized spacial score (nSPS) is 19.0. The van der Waals surface area contributed by atoms with Gasteiger partial charge in [0.05, 0.1) is 17.7 Å². The van der Waals surface area contributed by atoms with Crippen LogP contribution in [0.2, 0.25) is 0 Å². The van der Waals surface area contributed by atoms with E-state index < -0.39 is 9.84 Å². The highest BCUT2D eigenvalue weighted by atomic mass is 32.2. The van der Waals surface area contributed by atoms with Gasteiger partial charge in [-0.1, -0.05) is 12.1 Å². The van der Waals surface area contributed by atoms with Crippen LogP contribution < -0.4 is 10.6 Å². The van der Waals surface area contributed by atoms with Crippen LogP contribution in [0.4, 0.5) is 17.5 Å². The molecular formula is C15H17N5O3S. The highest BCUT2D eigenvalue weighted by molar-refractivity contribution is 7.91. The second-order valence-corrected chi connectivity index (χ2v) is 7.90. The molecule has 0 saturated carbocycles. The van der Waals surface area contributed by atoms with Crippen LogP contribution in [0.3, 0.4) is 0 Å². The Labute approximate surface area is 139 Å². The topological polar surface area (TPSA) is 114 Å². The molecule has 1 atom stereocenters. The van der Waals surface area contributed by atoms with Crippen molar-refractivity contribution in [1.29, 1.82) is 0 Å². The van der Waals surface area contributed by atoms with Gasteiger partial charge in [-0.25, -0.2) is 8.42 Å². The predicted molar refractivity (Wildman–Crippen MR) is 90.2 cm³/mol. The summed E-state index contributed by atoms with van der Waals surface area (Å²) in [7, 11) is -2.97. The molecule has 8 nitrogen and oxygen atoms in total. The standard InChI is InChI=1S/C15H17N5O3S/c1-10(21)11-3-2-4-12(7-11)17-14-8-16-20-15(19-14)18-13-5-6-24(22,23)9-13/h2-4,7-8,13H,5-6,9H2,1H3,(H2,17,18,19,20). The van der Waals surface area contributed by atoms with E-state index in [9.17, 15) is 13.2 Å². The Bertz CT molecular complexity index is 869. The minimum absolute atomic E-state index is 0.0238. The minimum Gasteiger partial charge on any atom is -0.349 e. The number of carbonyl (C=O) groups excluding carboxylic acids is 1. The van der Waals surface area contributed by atoms with E-state index in [-0.39, 0.29) is 29.3 Å². The van der Waals surface area contributed by atoms with Crippen LogP contribution in [0, 0.1) is 0 Å². The van der Waals surface area contributed by atoms with E-state index in [4.69, 9.17) is 0 Å². The number of anilines is 3. The van der Waals surface area contributed by atoms with Crippen molar-refractivity contribution in [2.45, 2.75) is 19.4 Å². The fourth-order valence-electron chi connectivity index (χ4n) is 2.48. The molecule has 0 bridgehead atoms. The first-order valence-electron chi connectivity index (χ1n) is 7.46. The highest BCUT2D eigenvalue weighted by Gasteiger charge is 2.28. The number of benzene rings is 1.